The topological polar surface area (TPSA) is 33.5 Å². The molecule has 3 heterocycles. The molecule has 0 saturated carbocycles. The van der Waals surface area contributed by atoms with E-state index in [2.05, 4.69) is 153 Å². The molecule has 2 aromatic heterocycles. The molecule has 0 atom stereocenters. The summed E-state index contributed by atoms with van der Waals surface area (Å²) in [5, 5.41) is 2.28. The van der Waals surface area contributed by atoms with Crippen molar-refractivity contribution in [3.8, 4) is 39.6 Å². The summed E-state index contributed by atoms with van der Waals surface area (Å²) in [5.74, 6) is 1.69. The lowest BCUT2D eigenvalue weighted by molar-refractivity contribution is 0.483. The van der Waals surface area contributed by atoms with Crippen LogP contribution in [0.15, 0.2) is 170 Å². The number of aromatic nitrogens is 2. The minimum atomic E-state index is -0.295. The van der Waals surface area contributed by atoms with E-state index in [1.165, 1.54) is 29.8 Å². The zero-order valence-electron chi connectivity index (χ0n) is 36.3. The minimum Gasteiger partial charge on any atom is -0.457 e. The highest BCUT2D eigenvalue weighted by molar-refractivity contribution is 6.09. The van der Waals surface area contributed by atoms with Gasteiger partial charge >= 0.3 is 0 Å². The Morgan fingerprint density at radius 1 is 0.508 bits per heavy atom. The summed E-state index contributed by atoms with van der Waals surface area (Å²) in [6, 6.07) is 53.4. The molecule has 0 amide bonds. The molecule has 0 spiro atoms. The van der Waals surface area contributed by atoms with Gasteiger partial charge in [-0.3, -0.25) is 4.57 Å². The average Bonchev–Trinajstić information content (AvgIpc) is 3.82. The van der Waals surface area contributed by atoms with Crippen molar-refractivity contribution < 1.29 is 13.5 Å². The van der Waals surface area contributed by atoms with Crippen molar-refractivity contribution in [1.29, 1.82) is 0 Å². The maximum atomic E-state index is 14.4. The van der Waals surface area contributed by atoms with Gasteiger partial charge in [0.1, 0.15) is 35.6 Å². The zero-order chi connectivity index (χ0) is 43.6. The second kappa shape index (κ2) is 15.3. The summed E-state index contributed by atoms with van der Waals surface area (Å²) in [5.41, 5.74) is 11.9. The van der Waals surface area contributed by atoms with Crippen LogP contribution in [0.2, 0.25) is 0 Å². The van der Waals surface area contributed by atoms with Crippen molar-refractivity contribution in [2.45, 2.75) is 52.4 Å². The van der Waals surface area contributed by atoms with Crippen LogP contribution in [0.25, 0.3) is 49.9 Å². The Morgan fingerprint density at radius 2 is 1.10 bits per heavy atom. The van der Waals surface area contributed by atoms with Crippen LogP contribution in [0.4, 0.5) is 31.5 Å². The van der Waals surface area contributed by atoms with Gasteiger partial charge in [0.15, 0.2) is 0 Å². The maximum Gasteiger partial charge on any atom is 0.137 e. The lowest BCUT2D eigenvalue weighted by Gasteiger charge is -2.30. The number of ether oxygens (including phenoxy) is 1. The summed E-state index contributed by atoms with van der Waals surface area (Å²) in [7, 11) is 0. The fraction of sp³-hybridized carbons (Fsp3) is 0.161. The smallest absolute Gasteiger partial charge is 0.137 e. The fourth-order valence-corrected chi connectivity index (χ4v) is 8.80. The first kappa shape index (κ1) is 39.9. The third-order valence-corrected chi connectivity index (χ3v) is 12.2. The molecule has 9 aromatic rings. The van der Waals surface area contributed by atoms with Crippen molar-refractivity contribution in [3.63, 3.8) is 0 Å². The predicted molar refractivity (Wildman–Crippen MR) is 255 cm³/mol. The van der Waals surface area contributed by atoms with Gasteiger partial charge in [-0.25, -0.2) is 13.8 Å². The molecule has 0 N–H and O–H groups in total. The molecule has 63 heavy (non-hydrogen) atoms. The normalized spacial score (nSPS) is 13.0. The monoisotopic (exact) mass is 830 g/mol. The molecular weight excluding hydrogens is 783 g/mol. The first-order chi connectivity index (χ1) is 30.3. The zero-order valence-corrected chi connectivity index (χ0v) is 36.3. The van der Waals surface area contributed by atoms with Crippen LogP contribution in [0.3, 0.4) is 0 Å². The maximum absolute atomic E-state index is 14.4. The molecule has 1 aliphatic heterocycles. The number of nitrogens with zero attached hydrogens (tertiary/aromatic N) is 4. The molecule has 7 aromatic carbocycles. The third kappa shape index (κ3) is 7.37. The highest BCUT2D eigenvalue weighted by atomic mass is 19.1. The van der Waals surface area contributed by atoms with E-state index < -0.39 is 0 Å². The highest BCUT2D eigenvalue weighted by Gasteiger charge is 2.33. The Bertz CT molecular complexity index is 3110. The lowest BCUT2D eigenvalue weighted by Crippen LogP contribution is -2.25. The molecule has 0 saturated heterocycles. The molecule has 0 radical (unpaired) electrons. The number of fused-ring (bicyclic) bond motifs is 4. The van der Waals surface area contributed by atoms with E-state index in [1.54, 1.807) is 0 Å². The Morgan fingerprint density at radius 3 is 1.75 bits per heavy atom. The van der Waals surface area contributed by atoms with Gasteiger partial charge in [-0.1, -0.05) is 102 Å². The fourth-order valence-electron chi connectivity index (χ4n) is 8.80. The van der Waals surface area contributed by atoms with Crippen LogP contribution in [-0.4, -0.2) is 16.2 Å². The van der Waals surface area contributed by atoms with E-state index in [-0.39, 0.29) is 22.5 Å². The van der Waals surface area contributed by atoms with Gasteiger partial charge < -0.3 is 14.5 Å². The molecule has 10 rings (SSSR count). The summed E-state index contributed by atoms with van der Waals surface area (Å²) in [6.07, 6.45) is 1.90. The van der Waals surface area contributed by atoms with E-state index in [0.717, 1.165) is 78.2 Å². The lowest BCUT2D eigenvalue weighted by atomic mass is 9.82. The van der Waals surface area contributed by atoms with Crippen LogP contribution < -0.4 is 14.5 Å². The van der Waals surface area contributed by atoms with Gasteiger partial charge in [-0.2, -0.15) is 0 Å². The van der Waals surface area contributed by atoms with Crippen LogP contribution in [0.1, 0.15) is 52.7 Å². The number of hydrogen-bond donors (Lipinski definition) is 0. The number of benzene rings is 7. The summed E-state index contributed by atoms with van der Waals surface area (Å²) in [4.78, 5) is 9.47. The Kier molecular flexibility index (Phi) is 9.67. The highest BCUT2D eigenvalue weighted by Crippen LogP contribution is 2.51. The van der Waals surface area contributed by atoms with Crippen molar-refractivity contribution in [1.82, 2.24) is 9.55 Å². The van der Waals surface area contributed by atoms with E-state index in [4.69, 9.17) is 9.72 Å². The molecule has 1 aliphatic rings. The molecule has 7 heteroatoms. The second-order valence-electron chi connectivity index (χ2n) is 18.5. The average molecular weight is 831 g/mol. The summed E-state index contributed by atoms with van der Waals surface area (Å²) >= 11 is 0. The molecular formula is C56H48F2N4O. The first-order valence-corrected chi connectivity index (χ1v) is 21.4. The number of hydrogen-bond acceptors (Lipinski definition) is 4. The van der Waals surface area contributed by atoms with Crippen molar-refractivity contribution in [2.75, 3.05) is 16.5 Å². The number of rotatable bonds is 7. The van der Waals surface area contributed by atoms with Gasteiger partial charge in [-0.15, -0.1) is 0 Å². The Balaban J connectivity index is 1.06. The molecule has 312 valence electrons. The molecule has 0 unspecified atom stereocenters. The van der Waals surface area contributed by atoms with Crippen LogP contribution in [0.5, 0.6) is 11.5 Å². The number of halogens is 2. The summed E-state index contributed by atoms with van der Waals surface area (Å²) < 4.78 is 37.9. The van der Waals surface area contributed by atoms with Crippen molar-refractivity contribution >= 4 is 44.6 Å². The van der Waals surface area contributed by atoms with Crippen LogP contribution in [-0.2, 0) is 10.8 Å². The largest absolute Gasteiger partial charge is 0.457 e. The van der Waals surface area contributed by atoms with Gasteiger partial charge in [0.25, 0.3) is 0 Å². The SMILES string of the molecule is CC(C)(C)c1ccnc(-n2c3ccccc3c3ccc(Oc4cccc(N5CN(c6c(-c7ccc(F)cc7)cc(C(C)(C)C)cc6-c6ccc(F)cc6)c6ccccc65)c4)cc32)c1. The van der Waals surface area contributed by atoms with Crippen LogP contribution in [0, 0.1) is 11.6 Å². The van der Waals surface area contributed by atoms with E-state index in [0.29, 0.717) is 18.2 Å². The third-order valence-electron chi connectivity index (χ3n) is 12.2. The first-order valence-electron chi connectivity index (χ1n) is 21.4. The van der Waals surface area contributed by atoms with Crippen LogP contribution >= 0.6 is 0 Å². The van der Waals surface area contributed by atoms with Gasteiger partial charge in [0.05, 0.1) is 28.1 Å². The summed E-state index contributed by atoms with van der Waals surface area (Å²) in [6.45, 7) is 13.7. The molecule has 0 fully saturated rings. The molecule has 0 aliphatic carbocycles. The van der Waals surface area contributed by atoms with Gasteiger partial charge in [0, 0.05) is 45.9 Å². The predicted octanol–water partition coefficient (Wildman–Crippen LogP) is 15.4. The standard InChI is InChI=1S/C56H48F2N4O/c1-55(2,3)38-28-29-59-53(32-38)62-49-15-8-7-14-45(49)46-27-26-44(34-52(46)62)63-43-13-11-12-42(33-43)60-35-61(51-17-10-9-16-50(51)60)54-47(36-18-22-40(57)23-19-36)30-39(56(4,5)6)31-48(54)37-20-24-41(58)25-21-37/h7-34H,35H2,1-6H3. The van der Waals surface area contributed by atoms with Crippen molar-refractivity contribution in [3.05, 3.63) is 193 Å². The second-order valence-corrected chi connectivity index (χ2v) is 18.5. The quantitative estimate of drug-likeness (QED) is 0.160. The number of para-hydroxylation sites is 3. The minimum absolute atomic E-state index is 0.0325. The van der Waals surface area contributed by atoms with Crippen molar-refractivity contribution in [2.24, 2.45) is 0 Å². The Labute approximate surface area is 367 Å². The van der Waals surface area contributed by atoms with Gasteiger partial charge in [0.2, 0.25) is 0 Å². The van der Waals surface area contributed by atoms with E-state index >= 15 is 0 Å². The number of anilines is 4. The Hall–Kier alpha value is -7.25. The number of pyridine rings is 1. The van der Waals surface area contributed by atoms with E-state index in [1.807, 2.05) is 48.7 Å². The van der Waals surface area contributed by atoms with E-state index in [9.17, 15) is 8.78 Å². The molecule has 5 nitrogen and oxygen atoms in total. The molecule has 0 bridgehead atoms. The van der Waals surface area contributed by atoms with Gasteiger partial charge in [-0.05, 0) is 124 Å².